The lowest BCUT2D eigenvalue weighted by Gasteiger charge is -2.28. The van der Waals surface area contributed by atoms with Crippen molar-refractivity contribution < 1.29 is 14.0 Å². The van der Waals surface area contributed by atoms with Crippen LogP contribution in [0.3, 0.4) is 0 Å². The van der Waals surface area contributed by atoms with E-state index in [4.69, 9.17) is 4.42 Å². The zero-order valence-electron chi connectivity index (χ0n) is 10.0. The summed E-state index contributed by atoms with van der Waals surface area (Å²) in [5.41, 5.74) is 0.0978. The van der Waals surface area contributed by atoms with Gasteiger partial charge in [-0.3, -0.25) is 9.59 Å². The summed E-state index contributed by atoms with van der Waals surface area (Å²) >= 11 is 0. The van der Waals surface area contributed by atoms with E-state index in [0.717, 1.165) is 5.56 Å². The van der Waals surface area contributed by atoms with Crippen molar-refractivity contribution in [2.45, 2.75) is 32.4 Å². The molecular weight excluding hydrogens is 220 g/mol. The van der Waals surface area contributed by atoms with Crippen LogP contribution in [0.25, 0.3) is 0 Å². The molecule has 17 heavy (non-hydrogen) atoms. The quantitative estimate of drug-likeness (QED) is 0.830. The Morgan fingerprint density at radius 2 is 2.24 bits per heavy atom. The molecule has 1 fully saturated rings. The lowest BCUT2D eigenvalue weighted by Crippen LogP contribution is -2.52. The third-order valence-electron chi connectivity index (χ3n) is 2.84. The molecule has 2 amide bonds. The minimum Gasteiger partial charge on any atom is -0.472 e. The van der Waals surface area contributed by atoms with Crippen LogP contribution in [0, 0.1) is 0 Å². The lowest BCUT2D eigenvalue weighted by atomic mass is 10.0. The molecule has 0 aromatic carbocycles. The van der Waals surface area contributed by atoms with Crippen LogP contribution >= 0.6 is 0 Å². The summed E-state index contributed by atoms with van der Waals surface area (Å²) in [5, 5.41) is 2.72. The molecule has 0 radical (unpaired) electrons. The summed E-state index contributed by atoms with van der Waals surface area (Å²) in [7, 11) is 0. The summed E-state index contributed by atoms with van der Waals surface area (Å²) in [6.07, 6.45) is 3.53. The second-order valence-electron chi connectivity index (χ2n) is 4.78. The fourth-order valence-electron chi connectivity index (χ4n) is 1.95. The van der Waals surface area contributed by atoms with Crippen molar-refractivity contribution in [3.05, 3.63) is 24.2 Å². The standard InChI is InChI=1S/C12H16N2O3/c1-12(2)11(16)14(5-3-10(15)13-12)7-9-4-6-17-8-9/h4,6,8H,3,5,7H2,1-2H3,(H,13,15). The van der Waals surface area contributed by atoms with Gasteiger partial charge < -0.3 is 14.6 Å². The van der Waals surface area contributed by atoms with Gasteiger partial charge in [0.2, 0.25) is 11.8 Å². The minimum atomic E-state index is -0.836. The Morgan fingerprint density at radius 3 is 2.88 bits per heavy atom. The van der Waals surface area contributed by atoms with E-state index in [1.807, 2.05) is 6.07 Å². The van der Waals surface area contributed by atoms with Gasteiger partial charge in [-0.1, -0.05) is 0 Å². The summed E-state index contributed by atoms with van der Waals surface area (Å²) in [5.74, 6) is -0.150. The first-order valence-electron chi connectivity index (χ1n) is 5.60. The van der Waals surface area contributed by atoms with Crippen molar-refractivity contribution in [2.24, 2.45) is 0 Å². The van der Waals surface area contributed by atoms with Crippen LogP contribution in [0.2, 0.25) is 0 Å². The topological polar surface area (TPSA) is 62.6 Å². The molecule has 5 nitrogen and oxygen atoms in total. The molecule has 0 bridgehead atoms. The third kappa shape index (κ3) is 2.49. The Hall–Kier alpha value is -1.78. The molecule has 0 atom stereocenters. The van der Waals surface area contributed by atoms with E-state index in [9.17, 15) is 9.59 Å². The molecule has 1 aliphatic heterocycles. The van der Waals surface area contributed by atoms with E-state index in [0.29, 0.717) is 19.5 Å². The third-order valence-corrected chi connectivity index (χ3v) is 2.84. The molecular formula is C12H16N2O3. The molecule has 2 heterocycles. The van der Waals surface area contributed by atoms with E-state index in [1.165, 1.54) is 0 Å². The zero-order valence-corrected chi connectivity index (χ0v) is 10.0. The molecule has 5 heteroatoms. The van der Waals surface area contributed by atoms with Gasteiger partial charge in [-0.15, -0.1) is 0 Å². The Balaban J connectivity index is 2.16. The van der Waals surface area contributed by atoms with E-state index in [1.54, 1.807) is 31.3 Å². The van der Waals surface area contributed by atoms with Gasteiger partial charge in [0.1, 0.15) is 5.54 Å². The second-order valence-corrected chi connectivity index (χ2v) is 4.78. The number of rotatable bonds is 2. The normalized spacial score (nSPS) is 20.0. The number of amides is 2. The highest BCUT2D eigenvalue weighted by molar-refractivity contribution is 5.92. The van der Waals surface area contributed by atoms with Gasteiger partial charge in [-0.05, 0) is 19.9 Å². The maximum absolute atomic E-state index is 12.2. The van der Waals surface area contributed by atoms with Gasteiger partial charge in [0.15, 0.2) is 0 Å². The summed E-state index contributed by atoms with van der Waals surface area (Å²) in [6, 6.07) is 1.82. The fourth-order valence-corrected chi connectivity index (χ4v) is 1.95. The molecule has 1 N–H and O–H groups in total. The van der Waals surface area contributed by atoms with Crippen molar-refractivity contribution >= 4 is 11.8 Å². The molecule has 0 aliphatic carbocycles. The molecule has 1 aromatic heterocycles. The molecule has 0 unspecified atom stereocenters. The van der Waals surface area contributed by atoms with Crippen LogP contribution in [-0.2, 0) is 16.1 Å². The maximum Gasteiger partial charge on any atom is 0.248 e. The number of nitrogens with zero attached hydrogens (tertiary/aromatic N) is 1. The highest BCUT2D eigenvalue weighted by atomic mass is 16.3. The highest BCUT2D eigenvalue weighted by Gasteiger charge is 2.36. The average molecular weight is 236 g/mol. The van der Waals surface area contributed by atoms with Crippen molar-refractivity contribution in [2.75, 3.05) is 6.54 Å². The van der Waals surface area contributed by atoms with Gasteiger partial charge in [-0.2, -0.15) is 0 Å². The summed E-state index contributed by atoms with van der Waals surface area (Å²) in [6.45, 7) is 4.37. The SMILES string of the molecule is CC1(C)NC(=O)CCN(Cc2ccoc2)C1=O. The van der Waals surface area contributed by atoms with Crippen LogP contribution in [0.4, 0.5) is 0 Å². The van der Waals surface area contributed by atoms with Gasteiger partial charge >= 0.3 is 0 Å². The number of nitrogens with one attached hydrogen (secondary N) is 1. The Labute approximate surface area is 99.8 Å². The number of carbonyl (C=O) groups excluding carboxylic acids is 2. The molecule has 2 rings (SSSR count). The predicted octanol–water partition coefficient (Wildman–Crippen LogP) is 0.907. The number of hydrogen-bond donors (Lipinski definition) is 1. The number of carbonyl (C=O) groups is 2. The second kappa shape index (κ2) is 4.24. The Bertz CT molecular complexity index is 423. The van der Waals surface area contributed by atoms with Gasteiger partial charge in [-0.25, -0.2) is 0 Å². The monoisotopic (exact) mass is 236 g/mol. The van der Waals surface area contributed by atoms with Crippen molar-refractivity contribution in [1.82, 2.24) is 10.2 Å². The molecule has 0 spiro atoms. The van der Waals surface area contributed by atoms with Gasteiger partial charge in [0.25, 0.3) is 0 Å². The van der Waals surface area contributed by atoms with Crippen LogP contribution in [0.15, 0.2) is 23.0 Å². The first kappa shape index (κ1) is 11.7. The van der Waals surface area contributed by atoms with E-state index >= 15 is 0 Å². The smallest absolute Gasteiger partial charge is 0.248 e. The molecule has 92 valence electrons. The minimum absolute atomic E-state index is 0.0652. The molecule has 1 aromatic rings. The van der Waals surface area contributed by atoms with Crippen molar-refractivity contribution in [3.63, 3.8) is 0 Å². The van der Waals surface area contributed by atoms with E-state index < -0.39 is 5.54 Å². The maximum atomic E-state index is 12.2. The molecule has 0 saturated carbocycles. The number of furan rings is 1. The Morgan fingerprint density at radius 1 is 1.47 bits per heavy atom. The average Bonchev–Trinajstić information content (AvgIpc) is 2.71. The fraction of sp³-hybridized carbons (Fsp3) is 0.500. The highest BCUT2D eigenvalue weighted by Crippen LogP contribution is 2.16. The molecule has 1 aliphatic rings. The van der Waals surface area contributed by atoms with Crippen molar-refractivity contribution in [1.29, 1.82) is 0 Å². The van der Waals surface area contributed by atoms with Crippen LogP contribution < -0.4 is 5.32 Å². The van der Waals surface area contributed by atoms with Crippen LogP contribution in [-0.4, -0.2) is 28.8 Å². The first-order valence-corrected chi connectivity index (χ1v) is 5.60. The zero-order chi connectivity index (χ0) is 12.5. The van der Waals surface area contributed by atoms with E-state index in [-0.39, 0.29) is 11.8 Å². The first-order chi connectivity index (χ1) is 7.99. The predicted molar refractivity (Wildman–Crippen MR) is 61.0 cm³/mol. The van der Waals surface area contributed by atoms with Gasteiger partial charge in [0.05, 0.1) is 12.5 Å². The van der Waals surface area contributed by atoms with Crippen molar-refractivity contribution in [3.8, 4) is 0 Å². The summed E-state index contributed by atoms with van der Waals surface area (Å²) < 4.78 is 4.98. The Kier molecular flexibility index (Phi) is 2.92. The van der Waals surface area contributed by atoms with Crippen LogP contribution in [0.5, 0.6) is 0 Å². The lowest BCUT2D eigenvalue weighted by molar-refractivity contribution is -0.137. The van der Waals surface area contributed by atoms with Crippen LogP contribution in [0.1, 0.15) is 25.8 Å². The largest absolute Gasteiger partial charge is 0.472 e. The van der Waals surface area contributed by atoms with E-state index in [2.05, 4.69) is 5.32 Å². The molecule has 1 saturated heterocycles. The number of hydrogen-bond acceptors (Lipinski definition) is 3. The van der Waals surface area contributed by atoms with Gasteiger partial charge in [0, 0.05) is 25.1 Å². The summed E-state index contributed by atoms with van der Waals surface area (Å²) in [4.78, 5) is 25.4.